The third kappa shape index (κ3) is 41.5. The molecule has 0 fully saturated rings. The van der Waals surface area contributed by atoms with Crippen molar-refractivity contribution >= 4 is 22.1 Å². The Kier molecular flexibility index (Phi) is 15.3. The molecular weight excluding hydrogens is 139 g/mol. The number of carbonyl (C=O) groups excluding carboxylic acids is 1. The summed E-state index contributed by atoms with van der Waals surface area (Å²) in [7, 11) is 0. The first-order chi connectivity index (χ1) is 4.65. The average Bonchev–Trinajstić information content (AvgIpc) is 1.82. The highest BCUT2D eigenvalue weighted by Gasteiger charge is 1.75. The van der Waals surface area contributed by atoms with Crippen LogP contribution in [0.5, 0.6) is 0 Å². The van der Waals surface area contributed by atoms with Gasteiger partial charge in [0.15, 0.2) is 0 Å². The number of rotatable bonds is 3. The molecule has 0 N–H and O–H groups in total. The maximum Gasteiger partial charge on any atom is 0.126 e. The van der Waals surface area contributed by atoms with Gasteiger partial charge in [0.25, 0.3) is 0 Å². The molecule has 0 amide bonds. The number of carbonyl (C=O) groups is 1. The van der Waals surface area contributed by atoms with Crippen molar-refractivity contribution in [1.29, 1.82) is 0 Å². The zero-order valence-corrected chi connectivity index (χ0v) is 8.47. The number of Topliss-reactive ketones (excluding diaryl/α,β-unsaturated/α-hetero) is 1. The Morgan fingerprint density at radius 1 is 1.30 bits per heavy atom. The van der Waals surface area contributed by atoms with E-state index in [1.807, 2.05) is 0 Å². The average molecular weight is 156 g/mol. The second-order valence-corrected chi connectivity index (χ2v) is 2.98. The van der Waals surface area contributed by atoms with Gasteiger partial charge in [0.05, 0.1) is 0 Å². The van der Waals surface area contributed by atoms with Gasteiger partial charge in [0, 0.05) is 0 Å². The highest BCUT2D eigenvalue weighted by molar-refractivity contribution is 6.08. The molecule has 0 heterocycles. The van der Waals surface area contributed by atoms with Crippen LogP contribution in [0.1, 0.15) is 40.0 Å². The molecule has 2 heteroatoms. The minimum absolute atomic E-state index is 0.167. The Bertz CT molecular complexity index is 63.7. The molecule has 0 atom stereocenters. The summed E-state index contributed by atoms with van der Waals surface area (Å²) in [5.74, 6) is 0.167. The van der Waals surface area contributed by atoms with Crippen LogP contribution in [0.4, 0.5) is 0 Å². The van der Waals surface area contributed by atoms with Gasteiger partial charge in [-0.25, -0.2) is 0 Å². The van der Waals surface area contributed by atoms with Crippen LogP contribution in [-0.4, -0.2) is 22.1 Å². The molecule has 0 unspecified atom stereocenters. The van der Waals surface area contributed by atoms with Crippen LogP contribution in [-0.2, 0) is 4.79 Å². The number of unbranched alkanes of at least 4 members (excludes halogenated alkanes) is 2. The van der Waals surface area contributed by atoms with E-state index in [1.54, 1.807) is 0 Å². The van der Waals surface area contributed by atoms with Crippen molar-refractivity contribution in [3.05, 3.63) is 0 Å². The third-order valence-electron chi connectivity index (χ3n) is 0.808. The van der Waals surface area contributed by atoms with Crippen LogP contribution in [0, 0.1) is 0 Å². The normalized spacial score (nSPS) is 7.90. The highest BCUT2D eigenvalue weighted by Crippen LogP contribution is 1.94. The Morgan fingerprint density at radius 2 is 1.70 bits per heavy atom. The van der Waals surface area contributed by atoms with Crippen molar-refractivity contribution < 1.29 is 4.79 Å². The predicted molar refractivity (Wildman–Crippen MR) is 46.4 cm³/mol. The lowest BCUT2D eigenvalue weighted by Gasteiger charge is -1.86. The van der Waals surface area contributed by atoms with E-state index in [4.69, 9.17) is 0 Å². The summed E-state index contributed by atoms with van der Waals surface area (Å²) in [6, 6.07) is 0. The largest absolute Gasteiger partial charge is 0.300 e. The lowest BCUT2D eigenvalue weighted by Crippen LogP contribution is -1.69. The Hall–Kier alpha value is 0.202. The summed E-state index contributed by atoms with van der Waals surface area (Å²) in [6.45, 7) is 5.28. The van der Waals surface area contributed by atoms with Crippen molar-refractivity contribution in [2.24, 2.45) is 0 Å². The molecule has 58 valence electrons. The van der Waals surface area contributed by atoms with Crippen molar-refractivity contribution in [2.75, 3.05) is 0 Å². The fourth-order valence-electron chi connectivity index (χ4n) is 0.394. The fourth-order valence-corrected chi connectivity index (χ4v) is 0.683. The lowest BCUT2D eigenvalue weighted by atomic mass is 10.3. The smallest absolute Gasteiger partial charge is 0.126 e. The SMILES string of the molecule is CC(C)=O.CCCC[CH2][Al]. The van der Waals surface area contributed by atoms with Gasteiger partial charge in [0.1, 0.15) is 22.1 Å². The molecule has 0 aliphatic heterocycles. The molecule has 0 aliphatic rings. The number of ketones is 1. The molecule has 10 heavy (non-hydrogen) atoms. The van der Waals surface area contributed by atoms with Crippen LogP contribution < -0.4 is 0 Å². The zero-order valence-electron chi connectivity index (χ0n) is 7.31. The topological polar surface area (TPSA) is 17.1 Å². The maximum atomic E-state index is 9.44. The Morgan fingerprint density at radius 3 is 1.80 bits per heavy atom. The molecule has 0 rings (SSSR count). The van der Waals surface area contributed by atoms with E-state index in [2.05, 4.69) is 23.2 Å². The van der Waals surface area contributed by atoms with Gasteiger partial charge >= 0.3 is 0 Å². The first-order valence-electron chi connectivity index (χ1n) is 3.82. The van der Waals surface area contributed by atoms with E-state index in [9.17, 15) is 4.79 Å². The molecule has 0 bridgehead atoms. The van der Waals surface area contributed by atoms with E-state index in [1.165, 1.54) is 38.4 Å². The second-order valence-electron chi connectivity index (χ2n) is 2.40. The summed E-state index contributed by atoms with van der Waals surface area (Å²) in [6.07, 6.45) is 4.11. The summed E-state index contributed by atoms with van der Waals surface area (Å²) < 4.78 is 0. The number of hydrogen-bond donors (Lipinski definition) is 0. The van der Waals surface area contributed by atoms with E-state index < -0.39 is 0 Å². The first-order valence-corrected chi connectivity index (χ1v) is 4.64. The summed E-state index contributed by atoms with van der Waals surface area (Å²) in [5.41, 5.74) is 0. The van der Waals surface area contributed by atoms with Gasteiger partial charge in [-0.2, -0.15) is 0 Å². The quantitative estimate of drug-likeness (QED) is 0.453. The lowest BCUT2D eigenvalue weighted by molar-refractivity contribution is -0.114. The van der Waals surface area contributed by atoms with E-state index in [0.29, 0.717) is 0 Å². The highest BCUT2D eigenvalue weighted by atomic mass is 27.0. The molecule has 0 aliphatic carbocycles. The van der Waals surface area contributed by atoms with Crippen LogP contribution in [0.2, 0.25) is 5.28 Å². The van der Waals surface area contributed by atoms with Crippen molar-refractivity contribution in [1.82, 2.24) is 0 Å². The Labute approximate surface area is 72.6 Å². The first kappa shape index (κ1) is 12.8. The molecule has 0 aromatic heterocycles. The van der Waals surface area contributed by atoms with E-state index >= 15 is 0 Å². The molecule has 1 nitrogen and oxygen atoms in total. The van der Waals surface area contributed by atoms with Gasteiger partial charge in [-0.1, -0.05) is 26.2 Å². The van der Waals surface area contributed by atoms with Crippen LogP contribution in [0.25, 0.3) is 0 Å². The van der Waals surface area contributed by atoms with Gasteiger partial charge < -0.3 is 4.79 Å². The third-order valence-corrected chi connectivity index (χ3v) is 1.22. The number of hydrogen-bond acceptors (Lipinski definition) is 1. The molecule has 0 aromatic carbocycles. The monoisotopic (exact) mass is 156 g/mol. The van der Waals surface area contributed by atoms with Crippen molar-refractivity contribution in [3.63, 3.8) is 0 Å². The Balaban J connectivity index is 0. The minimum Gasteiger partial charge on any atom is -0.300 e. The van der Waals surface area contributed by atoms with Gasteiger partial charge in [-0.15, -0.1) is 5.28 Å². The van der Waals surface area contributed by atoms with Gasteiger partial charge in [0.2, 0.25) is 0 Å². The van der Waals surface area contributed by atoms with Crippen LogP contribution in [0.15, 0.2) is 0 Å². The van der Waals surface area contributed by atoms with Crippen molar-refractivity contribution in [2.45, 2.75) is 45.3 Å². The van der Waals surface area contributed by atoms with Crippen LogP contribution in [0.3, 0.4) is 0 Å². The molecule has 2 radical (unpaired) electrons. The standard InChI is InChI=1S/C5H11.C3H6O.Al/c1-3-5-4-2;1-3(2)4;/h1,3-5H2,2H3;1-2H3;. The minimum atomic E-state index is 0.167. The van der Waals surface area contributed by atoms with Crippen molar-refractivity contribution in [3.8, 4) is 0 Å². The molecule has 0 saturated carbocycles. The van der Waals surface area contributed by atoms with Gasteiger partial charge in [-0.3, -0.25) is 0 Å². The summed E-state index contributed by atoms with van der Waals surface area (Å²) in [5, 5.41) is 1.27. The van der Waals surface area contributed by atoms with Crippen LogP contribution >= 0.6 is 0 Å². The molecule has 0 aromatic rings. The molecule has 0 spiro atoms. The van der Waals surface area contributed by atoms with Gasteiger partial charge in [-0.05, 0) is 13.8 Å². The summed E-state index contributed by atoms with van der Waals surface area (Å²) >= 11 is 2.73. The summed E-state index contributed by atoms with van der Waals surface area (Å²) in [4.78, 5) is 9.44. The second kappa shape index (κ2) is 11.9. The van der Waals surface area contributed by atoms with E-state index in [0.717, 1.165) is 0 Å². The predicted octanol–water partition coefficient (Wildman–Crippen LogP) is 2.36. The maximum absolute atomic E-state index is 9.44. The van der Waals surface area contributed by atoms with E-state index in [-0.39, 0.29) is 5.78 Å². The zero-order chi connectivity index (χ0) is 8.41. The fraction of sp³-hybridized carbons (Fsp3) is 0.875. The molecular formula is C8H17AlO. The molecule has 0 saturated heterocycles.